The van der Waals surface area contributed by atoms with E-state index >= 15 is 0 Å². The van der Waals surface area contributed by atoms with E-state index in [-0.39, 0.29) is 5.41 Å². The van der Waals surface area contributed by atoms with Crippen molar-refractivity contribution in [3.05, 3.63) is 28.8 Å². The molecule has 0 atom stereocenters. The van der Waals surface area contributed by atoms with Crippen molar-refractivity contribution in [2.45, 2.75) is 18.3 Å². The molecule has 0 aromatic heterocycles. The molecule has 1 fully saturated rings. The third-order valence-corrected chi connectivity index (χ3v) is 5.06. The van der Waals surface area contributed by atoms with Gasteiger partial charge in [-0.25, -0.2) is 0 Å². The van der Waals surface area contributed by atoms with Gasteiger partial charge in [0.1, 0.15) is 5.75 Å². The van der Waals surface area contributed by atoms with E-state index in [0.29, 0.717) is 0 Å². The van der Waals surface area contributed by atoms with Crippen LogP contribution in [0.2, 0.25) is 5.02 Å². The highest BCUT2D eigenvalue weighted by Crippen LogP contribution is 2.40. The molecule has 1 N–H and O–H groups in total. The van der Waals surface area contributed by atoms with Crippen LogP contribution in [-0.4, -0.2) is 57.9 Å². The van der Waals surface area contributed by atoms with E-state index in [2.05, 4.69) is 22.3 Å². The minimum atomic E-state index is -0.0551. The Kier molecular flexibility index (Phi) is 4.97. The fraction of sp³-hybridized carbons (Fsp3) is 0.588. The summed E-state index contributed by atoms with van der Waals surface area (Å²) < 4.78 is 11.2. The summed E-state index contributed by atoms with van der Waals surface area (Å²) in [7, 11) is 3.78. The van der Waals surface area contributed by atoms with Crippen molar-refractivity contribution in [3.63, 3.8) is 0 Å². The number of guanidine groups is 1. The highest BCUT2D eigenvalue weighted by Gasteiger charge is 2.37. The quantitative estimate of drug-likeness (QED) is 0.915. The fourth-order valence-electron chi connectivity index (χ4n) is 3.37. The molecule has 1 aromatic carbocycles. The molecule has 126 valence electrons. The van der Waals surface area contributed by atoms with Crippen molar-refractivity contribution >= 4 is 17.6 Å². The Bertz CT molecular complexity index is 585. The Morgan fingerprint density at radius 1 is 1.39 bits per heavy atom. The molecule has 0 spiro atoms. The number of likely N-dealkylation sites (N-methyl/N-ethyl adjacent to an activating group) is 1. The van der Waals surface area contributed by atoms with Gasteiger partial charge in [-0.2, -0.15) is 0 Å². The molecule has 5 nitrogen and oxygen atoms in total. The van der Waals surface area contributed by atoms with Gasteiger partial charge in [0.2, 0.25) is 0 Å². The van der Waals surface area contributed by atoms with Crippen molar-refractivity contribution in [1.29, 1.82) is 0 Å². The molecular weight excluding hydrogens is 314 g/mol. The van der Waals surface area contributed by atoms with E-state index < -0.39 is 0 Å². The molecule has 0 aliphatic carbocycles. The second-order valence-electron chi connectivity index (χ2n) is 6.22. The second-order valence-corrected chi connectivity index (χ2v) is 6.65. The molecule has 0 saturated carbocycles. The van der Waals surface area contributed by atoms with Crippen LogP contribution < -0.4 is 10.1 Å². The van der Waals surface area contributed by atoms with Crippen LogP contribution in [0.15, 0.2) is 23.2 Å². The first-order valence-corrected chi connectivity index (χ1v) is 8.44. The Hall–Kier alpha value is -1.46. The molecule has 0 unspecified atom stereocenters. The molecule has 1 aromatic rings. The molecule has 1 saturated heterocycles. The molecule has 2 aliphatic heterocycles. The number of methoxy groups -OCH3 is 1. The van der Waals surface area contributed by atoms with Gasteiger partial charge < -0.3 is 19.7 Å². The molecule has 2 aliphatic rings. The number of nitrogens with one attached hydrogen (secondary N) is 1. The second kappa shape index (κ2) is 6.97. The van der Waals surface area contributed by atoms with Crippen LogP contribution in [0.5, 0.6) is 5.75 Å². The molecule has 0 bridgehead atoms. The number of ether oxygens (including phenoxy) is 2. The van der Waals surface area contributed by atoms with Crippen LogP contribution in [0, 0.1) is 0 Å². The van der Waals surface area contributed by atoms with Gasteiger partial charge in [-0.05, 0) is 31.0 Å². The maximum Gasteiger partial charge on any atom is 0.193 e. The summed E-state index contributed by atoms with van der Waals surface area (Å²) in [6, 6.07) is 5.86. The molecule has 0 radical (unpaired) electrons. The van der Waals surface area contributed by atoms with Gasteiger partial charge in [0.15, 0.2) is 5.96 Å². The lowest BCUT2D eigenvalue weighted by molar-refractivity contribution is 0.0504. The molecule has 0 amide bonds. The summed E-state index contributed by atoms with van der Waals surface area (Å²) >= 11 is 6.27. The minimum absolute atomic E-state index is 0.0551. The summed E-state index contributed by atoms with van der Waals surface area (Å²) in [6.07, 6.45) is 1.88. The average molecular weight is 338 g/mol. The summed E-state index contributed by atoms with van der Waals surface area (Å²) in [5, 5.41) is 4.27. The average Bonchev–Trinajstić information content (AvgIpc) is 2.99. The largest absolute Gasteiger partial charge is 0.496 e. The predicted molar refractivity (Wildman–Crippen MR) is 92.7 cm³/mol. The molecular formula is C17H24ClN3O2. The van der Waals surface area contributed by atoms with Gasteiger partial charge in [-0.1, -0.05) is 11.6 Å². The zero-order valence-electron chi connectivity index (χ0n) is 13.8. The highest BCUT2D eigenvalue weighted by atomic mass is 35.5. The summed E-state index contributed by atoms with van der Waals surface area (Å²) in [5.74, 6) is 1.86. The first-order valence-electron chi connectivity index (χ1n) is 8.06. The van der Waals surface area contributed by atoms with Crippen LogP contribution in [0.1, 0.15) is 18.4 Å². The Morgan fingerprint density at radius 3 is 2.83 bits per heavy atom. The number of rotatable bonds is 4. The van der Waals surface area contributed by atoms with E-state index in [1.54, 1.807) is 7.11 Å². The standard InChI is InChI=1S/C17H24ClN3O2/c1-21-8-7-19-16(21)20-12-17(5-9-23-10-6-17)14-11-13(18)3-4-15(14)22-2/h3-4,11H,5-10,12H2,1-2H3,(H,19,20). The number of benzene rings is 1. The van der Waals surface area contributed by atoms with Crippen LogP contribution >= 0.6 is 11.6 Å². The van der Waals surface area contributed by atoms with Crippen LogP contribution in [0.4, 0.5) is 0 Å². The normalized spacial score (nSPS) is 20.3. The van der Waals surface area contributed by atoms with Gasteiger partial charge in [0.25, 0.3) is 0 Å². The number of aliphatic imine (C=N–C) groups is 1. The smallest absolute Gasteiger partial charge is 0.193 e. The monoisotopic (exact) mass is 337 g/mol. The van der Waals surface area contributed by atoms with E-state index in [1.807, 2.05) is 18.2 Å². The molecule has 3 rings (SSSR count). The Balaban J connectivity index is 1.89. The minimum Gasteiger partial charge on any atom is -0.496 e. The van der Waals surface area contributed by atoms with Gasteiger partial charge in [0, 0.05) is 49.4 Å². The predicted octanol–water partition coefficient (Wildman–Crippen LogP) is 2.29. The number of halogens is 1. The Morgan fingerprint density at radius 2 is 2.17 bits per heavy atom. The summed E-state index contributed by atoms with van der Waals surface area (Å²) in [6.45, 7) is 4.13. The lowest BCUT2D eigenvalue weighted by Gasteiger charge is -2.39. The van der Waals surface area contributed by atoms with Gasteiger partial charge >= 0.3 is 0 Å². The Labute approximate surface area is 142 Å². The number of hydrogen-bond donors (Lipinski definition) is 1. The maximum absolute atomic E-state index is 6.27. The van der Waals surface area contributed by atoms with Crippen molar-refractivity contribution in [2.75, 3.05) is 47.0 Å². The third-order valence-electron chi connectivity index (χ3n) is 4.83. The first kappa shape index (κ1) is 16.4. The van der Waals surface area contributed by atoms with E-state index in [1.165, 1.54) is 0 Å². The number of hydrogen-bond acceptors (Lipinski definition) is 5. The lowest BCUT2D eigenvalue weighted by Crippen LogP contribution is -2.47. The molecule has 2 heterocycles. The van der Waals surface area contributed by atoms with Crippen molar-refractivity contribution in [3.8, 4) is 5.75 Å². The third kappa shape index (κ3) is 3.40. The zero-order valence-corrected chi connectivity index (χ0v) is 14.5. The van der Waals surface area contributed by atoms with E-state index in [9.17, 15) is 0 Å². The lowest BCUT2D eigenvalue weighted by atomic mass is 9.73. The van der Waals surface area contributed by atoms with Crippen molar-refractivity contribution < 1.29 is 9.47 Å². The van der Waals surface area contributed by atoms with Crippen LogP contribution in [0.25, 0.3) is 0 Å². The SMILES string of the molecule is COc1ccc(Cl)cc1C1(CNC2=NCCN2C)CCOCC1. The van der Waals surface area contributed by atoms with Crippen LogP contribution in [-0.2, 0) is 10.2 Å². The van der Waals surface area contributed by atoms with E-state index in [4.69, 9.17) is 21.1 Å². The topological polar surface area (TPSA) is 46.1 Å². The zero-order chi connectivity index (χ0) is 16.3. The van der Waals surface area contributed by atoms with E-state index in [0.717, 1.165) is 68.0 Å². The van der Waals surface area contributed by atoms with Gasteiger partial charge in [0.05, 0.1) is 13.7 Å². The van der Waals surface area contributed by atoms with Crippen LogP contribution in [0.3, 0.4) is 0 Å². The van der Waals surface area contributed by atoms with Crippen molar-refractivity contribution in [2.24, 2.45) is 4.99 Å². The summed E-state index contributed by atoms with van der Waals surface area (Å²) in [5.41, 5.74) is 1.10. The van der Waals surface area contributed by atoms with Gasteiger partial charge in [-0.3, -0.25) is 4.99 Å². The maximum atomic E-state index is 6.27. The highest BCUT2D eigenvalue weighted by molar-refractivity contribution is 6.30. The van der Waals surface area contributed by atoms with Crippen molar-refractivity contribution in [1.82, 2.24) is 10.2 Å². The number of nitrogens with zero attached hydrogens (tertiary/aromatic N) is 2. The first-order chi connectivity index (χ1) is 11.1. The fourth-order valence-corrected chi connectivity index (χ4v) is 3.54. The molecule has 6 heteroatoms. The summed E-state index contributed by atoms with van der Waals surface area (Å²) in [4.78, 5) is 6.68. The molecule has 23 heavy (non-hydrogen) atoms. The van der Waals surface area contributed by atoms with Gasteiger partial charge in [-0.15, -0.1) is 0 Å².